The molecular weight excluding hydrogens is 206 g/mol. The van der Waals surface area contributed by atoms with Gasteiger partial charge in [0.25, 0.3) is 0 Å². The van der Waals surface area contributed by atoms with Crippen molar-refractivity contribution in [2.75, 3.05) is 19.8 Å². The Hall–Kier alpha value is -0.770. The van der Waals surface area contributed by atoms with E-state index in [9.17, 15) is 4.79 Å². The van der Waals surface area contributed by atoms with E-state index in [0.717, 1.165) is 12.8 Å². The highest BCUT2D eigenvalue weighted by molar-refractivity contribution is 5.67. The van der Waals surface area contributed by atoms with E-state index in [1.807, 2.05) is 6.92 Å². The van der Waals surface area contributed by atoms with E-state index in [2.05, 4.69) is 5.32 Å². The molecule has 0 heterocycles. The lowest BCUT2D eigenvalue weighted by atomic mass is 9.84. The summed E-state index contributed by atoms with van der Waals surface area (Å²) in [4.78, 5) is 11.2. The highest BCUT2D eigenvalue weighted by Crippen LogP contribution is 2.31. The summed E-state index contributed by atoms with van der Waals surface area (Å²) in [6.45, 7) is 5.48. The van der Waals surface area contributed by atoms with Crippen molar-refractivity contribution in [2.45, 2.75) is 51.6 Å². The van der Waals surface area contributed by atoms with E-state index >= 15 is 0 Å². The van der Waals surface area contributed by atoms with Crippen molar-refractivity contribution in [1.82, 2.24) is 5.32 Å². The second kappa shape index (κ2) is 6.74. The van der Waals surface area contributed by atoms with Crippen molar-refractivity contribution in [3.8, 4) is 0 Å². The van der Waals surface area contributed by atoms with Crippen LogP contribution in [0.1, 0.15) is 46.0 Å². The Morgan fingerprint density at radius 3 is 2.44 bits per heavy atom. The summed E-state index contributed by atoms with van der Waals surface area (Å²) in [6, 6.07) is 0. The van der Waals surface area contributed by atoms with Gasteiger partial charge in [0.1, 0.15) is 0 Å². The van der Waals surface area contributed by atoms with Crippen molar-refractivity contribution in [3.05, 3.63) is 0 Å². The normalized spacial score (nSPS) is 19.1. The second-order valence-electron chi connectivity index (χ2n) is 4.25. The van der Waals surface area contributed by atoms with Gasteiger partial charge in [0.05, 0.1) is 12.2 Å². The van der Waals surface area contributed by atoms with Crippen LogP contribution < -0.4 is 5.32 Å². The van der Waals surface area contributed by atoms with Crippen LogP contribution in [0.4, 0.5) is 4.79 Å². The van der Waals surface area contributed by atoms with Crippen molar-refractivity contribution in [2.24, 2.45) is 0 Å². The van der Waals surface area contributed by atoms with E-state index in [0.29, 0.717) is 19.8 Å². The molecule has 0 unspecified atom stereocenters. The Morgan fingerprint density at radius 2 is 1.88 bits per heavy atom. The third kappa shape index (κ3) is 4.00. The average molecular weight is 229 g/mol. The number of hydrogen-bond donors (Lipinski definition) is 1. The summed E-state index contributed by atoms with van der Waals surface area (Å²) in [5, 5.41) is 2.79. The Balaban J connectivity index is 2.40. The van der Waals surface area contributed by atoms with Crippen molar-refractivity contribution in [3.63, 3.8) is 0 Å². The van der Waals surface area contributed by atoms with Gasteiger partial charge >= 0.3 is 6.09 Å². The topological polar surface area (TPSA) is 47.6 Å². The van der Waals surface area contributed by atoms with Crippen LogP contribution in [0.3, 0.4) is 0 Å². The Bertz CT molecular complexity index is 207. The molecule has 4 nitrogen and oxygen atoms in total. The fourth-order valence-corrected chi connectivity index (χ4v) is 2.29. The van der Waals surface area contributed by atoms with E-state index in [-0.39, 0.29) is 11.7 Å². The molecular formula is C12H23NO3. The van der Waals surface area contributed by atoms with Gasteiger partial charge in [-0.15, -0.1) is 0 Å². The first-order valence-electron chi connectivity index (χ1n) is 6.27. The van der Waals surface area contributed by atoms with Gasteiger partial charge in [-0.2, -0.15) is 0 Å². The minimum Gasteiger partial charge on any atom is -0.450 e. The molecule has 1 aliphatic rings. The summed E-state index contributed by atoms with van der Waals surface area (Å²) < 4.78 is 10.7. The van der Waals surface area contributed by atoms with Crippen LogP contribution in [-0.4, -0.2) is 31.5 Å². The molecule has 94 valence electrons. The van der Waals surface area contributed by atoms with Gasteiger partial charge < -0.3 is 14.8 Å². The number of amides is 1. The van der Waals surface area contributed by atoms with Crippen LogP contribution in [-0.2, 0) is 9.47 Å². The minimum atomic E-state index is -0.341. The summed E-state index contributed by atoms with van der Waals surface area (Å²) in [5.74, 6) is 0. The monoisotopic (exact) mass is 229 g/mol. The Morgan fingerprint density at radius 1 is 1.19 bits per heavy atom. The predicted octanol–water partition coefficient (Wildman–Crippen LogP) is 2.47. The third-order valence-corrected chi connectivity index (χ3v) is 3.05. The van der Waals surface area contributed by atoms with Gasteiger partial charge in [0, 0.05) is 13.2 Å². The Kier molecular flexibility index (Phi) is 5.60. The summed E-state index contributed by atoms with van der Waals surface area (Å²) in [6.07, 6.45) is 5.37. The lowest BCUT2D eigenvalue weighted by Crippen LogP contribution is -2.46. The summed E-state index contributed by atoms with van der Waals surface area (Å²) in [5.41, 5.74) is -0.153. The molecule has 0 spiro atoms. The molecule has 0 atom stereocenters. The molecule has 0 saturated heterocycles. The SMILES string of the molecule is CCOC(=O)NCC1(OCC)CCCCC1. The van der Waals surface area contributed by atoms with Crippen molar-refractivity contribution in [1.29, 1.82) is 0 Å². The molecule has 1 saturated carbocycles. The van der Waals surface area contributed by atoms with Crippen molar-refractivity contribution < 1.29 is 14.3 Å². The second-order valence-corrected chi connectivity index (χ2v) is 4.25. The largest absolute Gasteiger partial charge is 0.450 e. The van der Waals surface area contributed by atoms with Gasteiger partial charge in [-0.25, -0.2) is 4.79 Å². The maximum absolute atomic E-state index is 11.2. The van der Waals surface area contributed by atoms with Gasteiger partial charge in [-0.1, -0.05) is 19.3 Å². The number of ether oxygens (including phenoxy) is 2. The quantitative estimate of drug-likeness (QED) is 0.787. The first kappa shape index (κ1) is 13.3. The Labute approximate surface area is 97.7 Å². The standard InChI is InChI=1S/C12H23NO3/c1-3-15-11(14)13-10-12(16-4-2)8-6-5-7-9-12/h3-10H2,1-2H3,(H,13,14). The maximum Gasteiger partial charge on any atom is 0.407 e. The average Bonchev–Trinajstić information content (AvgIpc) is 2.29. The molecule has 0 radical (unpaired) electrons. The highest BCUT2D eigenvalue weighted by atomic mass is 16.5. The zero-order valence-corrected chi connectivity index (χ0v) is 10.4. The first-order chi connectivity index (χ1) is 7.72. The van der Waals surface area contributed by atoms with Crippen LogP contribution in [0, 0.1) is 0 Å². The first-order valence-corrected chi connectivity index (χ1v) is 6.27. The number of hydrogen-bond acceptors (Lipinski definition) is 3. The summed E-state index contributed by atoms with van der Waals surface area (Å²) >= 11 is 0. The van der Waals surface area contributed by atoms with Gasteiger partial charge in [-0.3, -0.25) is 0 Å². The van der Waals surface area contributed by atoms with Gasteiger partial charge in [0.15, 0.2) is 0 Å². The lowest BCUT2D eigenvalue weighted by Gasteiger charge is -2.36. The van der Waals surface area contributed by atoms with Gasteiger partial charge in [0.2, 0.25) is 0 Å². The predicted molar refractivity (Wildman–Crippen MR) is 62.5 cm³/mol. The van der Waals surface area contributed by atoms with Crippen LogP contribution in [0.2, 0.25) is 0 Å². The van der Waals surface area contributed by atoms with E-state index in [1.165, 1.54) is 19.3 Å². The molecule has 16 heavy (non-hydrogen) atoms. The molecule has 1 fully saturated rings. The van der Waals surface area contributed by atoms with Crippen LogP contribution in [0.5, 0.6) is 0 Å². The van der Waals surface area contributed by atoms with Crippen LogP contribution in [0.25, 0.3) is 0 Å². The van der Waals surface area contributed by atoms with Gasteiger partial charge in [-0.05, 0) is 26.7 Å². The van der Waals surface area contributed by atoms with Crippen LogP contribution >= 0.6 is 0 Å². The van der Waals surface area contributed by atoms with Crippen LogP contribution in [0.15, 0.2) is 0 Å². The van der Waals surface area contributed by atoms with E-state index in [4.69, 9.17) is 9.47 Å². The molecule has 0 bridgehead atoms. The number of carbonyl (C=O) groups is 1. The fraction of sp³-hybridized carbons (Fsp3) is 0.917. The summed E-state index contributed by atoms with van der Waals surface area (Å²) in [7, 11) is 0. The number of carbonyl (C=O) groups excluding carboxylic acids is 1. The number of nitrogens with one attached hydrogen (secondary N) is 1. The number of rotatable bonds is 5. The molecule has 1 rings (SSSR count). The zero-order valence-electron chi connectivity index (χ0n) is 10.4. The molecule has 1 aliphatic carbocycles. The molecule has 4 heteroatoms. The van der Waals surface area contributed by atoms with E-state index < -0.39 is 0 Å². The molecule has 1 N–H and O–H groups in total. The maximum atomic E-state index is 11.2. The van der Waals surface area contributed by atoms with E-state index in [1.54, 1.807) is 6.92 Å². The molecule has 0 aromatic rings. The highest BCUT2D eigenvalue weighted by Gasteiger charge is 2.32. The number of alkyl carbamates (subject to hydrolysis) is 1. The smallest absolute Gasteiger partial charge is 0.407 e. The molecule has 0 aliphatic heterocycles. The zero-order chi connectivity index (χ0) is 11.9. The fourth-order valence-electron chi connectivity index (χ4n) is 2.29. The molecule has 0 aromatic heterocycles. The van der Waals surface area contributed by atoms with Crippen molar-refractivity contribution >= 4 is 6.09 Å². The third-order valence-electron chi connectivity index (χ3n) is 3.05. The lowest BCUT2D eigenvalue weighted by molar-refractivity contribution is -0.0621. The molecule has 0 aromatic carbocycles. The minimum absolute atomic E-state index is 0.153. The molecule has 1 amide bonds.